The van der Waals surface area contributed by atoms with E-state index in [9.17, 15) is 0 Å². The van der Waals surface area contributed by atoms with Crippen LogP contribution in [0.1, 0.15) is 56.2 Å². The van der Waals surface area contributed by atoms with E-state index >= 15 is 0 Å². The summed E-state index contributed by atoms with van der Waals surface area (Å²) in [5.74, 6) is 2.25. The predicted octanol–water partition coefficient (Wildman–Crippen LogP) is 2.02. The van der Waals surface area contributed by atoms with E-state index in [2.05, 4.69) is 15.5 Å². The summed E-state index contributed by atoms with van der Waals surface area (Å²) in [5, 5.41) is 11.7. The van der Waals surface area contributed by atoms with Gasteiger partial charge in [0.1, 0.15) is 0 Å². The Morgan fingerprint density at radius 1 is 1.19 bits per heavy atom. The summed E-state index contributed by atoms with van der Waals surface area (Å²) in [6.07, 6.45) is 8.49. The van der Waals surface area contributed by atoms with Gasteiger partial charge in [0.25, 0.3) is 0 Å². The molecule has 0 spiro atoms. The Morgan fingerprint density at radius 3 is 2.75 bits per heavy atom. The van der Waals surface area contributed by atoms with Crippen LogP contribution in [0.25, 0.3) is 0 Å². The van der Waals surface area contributed by atoms with Crippen LogP contribution in [0.2, 0.25) is 0 Å². The molecule has 1 aromatic heterocycles. The molecule has 0 atom stereocenters. The molecule has 2 saturated carbocycles. The molecule has 88 valence electrons. The van der Waals surface area contributed by atoms with E-state index in [0.29, 0.717) is 5.92 Å². The van der Waals surface area contributed by atoms with Crippen molar-refractivity contribution in [3.05, 3.63) is 11.8 Å². The molecule has 1 aromatic rings. The molecular weight excluding hydrogens is 202 g/mol. The van der Waals surface area contributed by atoms with Crippen molar-refractivity contribution in [3.63, 3.8) is 0 Å². The highest BCUT2D eigenvalue weighted by atomic mass is 16.4. The summed E-state index contributed by atoms with van der Waals surface area (Å²) < 4.78 is 5.66. The van der Waals surface area contributed by atoms with Crippen molar-refractivity contribution in [3.8, 4) is 0 Å². The Labute approximate surface area is 95.8 Å². The first-order chi connectivity index (χ1) is 7.92. The SMILES string of the molecule is C(CNC1CC1)Cc1nnc(C2CCC2)o1. The lowest BCUT2D eigenvalue weighted by atomic mass is 9.85. The minimum atomic E-state index is 0.561. The van der Waals surface area contributed by atoms with Crippen LogP contribution in [0.4, 0.5) is 0 Å². The fourth-order valence-corrected chi connectivity index (χ4v) is 2.02. The highest BCUT2D eigenvalue weighted by molar-refractivity contribution is 4.96. The summed E-state index contributed by atoms with van der Waals surface area (Å²) in [7, 11) is 0. The Bertz CT molecular complexity index is 342. The lowest BCUT2D eigenvalue weighted by molar-refractivity contribution is 0.324. The largest absolute Gasteiger partial charge is 0.425 e. The molecule has 16 heavy (non-hydrogen) atoms. The highest BCUT2D eigenvalue weighted by Gasteiger charge is 2.25. The normalized spacial score (nSPS) is 21.0. The standard InChI is InChI=1S/C12H19N3O/c1-3-9(4-1)12-15-14-11(16-12)5-2-8-13-10-6-7-10/h9-10,13H,1-8H2. The molecule has 0 saturated heterocycles. The molecule has 1 heterocycles. The van der Waals surface area contributed by atoms with Crippen LogP contribution in [-0.2, 0) is 6.42 Å². The summed E-state index contributed by atoms with van der Waals surface area (Å²) in [5.41, 5.74) is 0. The smallest absolute Gasteiger partial charge is 0.219 e. The average molecular weight is 221 g/mol. The predicted molar refractivity (Wildman–Crippen MR) is 60.2 cm³/mol. The number of nitrogens with one attached hydrogen (secondary N) is 1. The molecule has 3 rings (SSSR count). The van der Waals surface area contributed by atoms with Gasteiger partial charge in [0, 0.05) is 18.4 Å². The van der Waals surface area contributed by atoms with Gasteiger partial charge in [0.05, 0.1) is 0 Å². The van der Waals surface area contributed by atoms with Crippen LogP contribution < -0.4 is 5.32 Å². The van der Waals surface area contributed by atoms with Gasteiger partial charge in [0.2, 0.25) is 11.8 Å². The Balaban J connectivity index is 1.40. The molecule has 2 aliphatic rings. The maximum Gasteiger partial charge on any atom is 0.219 e. The van der Waals surface area contributed by atoms with E-state index < -0.39 is 0 Å². The number of hydrogen-bond acceptors (Lipinski definition) is 4. The fraction of sp³-hybridized carbons (Fsp3) is 0.833. The van der Waals surface area contributed by atoms with Gasteiger partial charge in [-0.2, -0.15) is 0 Å². The Hall–Kier alpha value is -0.900. The maximum absolute atomic E-state index is 5.66. The number of rotatable bonds is 6. The van der Waals surface area contributed by atoms with Crippen molar-refractivity contribution in [2.75, 3.05) is 6.54 Å². The van der Waals surface area contributed by atoms with Crippen LogP contribution >= 0.6 is 0 Å². The number of nitrogens with zero attached hydrogens (tertiary/aromatic N) is 2. The van der Waals surface area contributed by atoms with Crippen molar-refractivity contribution < 1.29 is 4.42 Å². The van der Waals surface area contributed by atoms with Gasteiger partial charge >= 0.3 is 0 Å². The monoisotopic (exact) mass is 221 g/mol. The van der Waals surface area contributed by atoms with E-state index in [-0.39, 0.29) is 0 Å². The quantitative estimate of drug-likeness (QED) is 0.747. The van der Waals surface area contributed by atoms with Crippen LogP contribution in [0.3, 0.4) is 0 Å². The molecule has 0 radical (unpaired) electrons. The number of aromatic nitrogens is 2. The van der Waals surface area contributed by atoms with E-state index in [0.717, 1.165) is 37.2 Å². The lowest BCUT2D eigenvalue weighted by Gasteiger charge is -2.20. The molecule has 0 aliphatic heterocycles. The summed E-state index contributed by atoms with van der Waals surface area (Å²) in [6.45, 7) is 1.08. The van der Waals surface area contributed by atoms with Gasteiger partial charge in [-0.25, -0.2) is 0 Å². The topological polar surface area (TPSA) is 51.0 Å². The molecule has 0 unspecified atom stereocenters. The van der Waals surface area contributed by atoms with Crippen LogP contribution in [0.5, 0.6) is 0 Å². The minimum Gasteiger partial charge on any atom is -0.425 e. The van der Waals surface area contributed by atoms with Crippen molar-refractivity contribution >= 4 is 0 Å². The molecule has 4 nitrogen and oxygen atoms in total. The van der Waals surface area contributed by atoms with Crippen molar-refractivity contribution in [2.45, 2.75) is 56.9 Å². The molecule has 1 N–H and O–H groups in total. The van der Waals surface area contributed by atoms with Gasteiger partial charge < -0.3 is 9.73 Å². The molecule has 0 bridgehead atoms. The van der Waals surface area contributed by atoms with Crippen molar-refractivity contribution in [1.29, 1.82) is 0 Å². The van der Waals surface area contributed by atoms with Crippen molar-refractivity contribution in [1.82, 2.24) is 15.5 Å². The van der Waals surface area contributed by atoms with Crippen LogP contribution in [0, 0.1) is 0 Å². The summed E-state index contributed by atoms with van der Waals surface area (Å²) >= 11 is 0. The number of hydrogen-bond donors (Lipinski definition) is 1. The number of aryl methyl sites for hydroxylation is 1. The third kappa shape index (κ3) is 2.43. The molecular formula is C12H19N3O. The van der Waals surface area contributed by atoms with Gasteiger partial charge in [-0.3, -0.25) is 0 Å². The van der Waals surface area contributed by atoms with E-state index in [1.54, 1.807) is 0 Å². The van der Waals surface area contributed by atoms with Gasteiger partial charge in [-0.05, 0) is 38.6 Å². The van der Waals surface area contributed by atoms with E-state index in [4.69, 9.17) is 4.42 Å². The lowest BCUT2D eigenvalue weighted by Crippen LogP contribution is -2.17. The van der Waals surface area contributed by atoms with Crippen molar-refractivity contribution in [2.24, 2.45) is 0 Å². The molecule has 0 aromatic carbocycles. The van der Waals surface area contributed by atoms with E-state index in [1.165, 1.54) is 32.1 Å². The third-order valence-electron chi connectivity index (χ3n) is 3.51. The Morgan fingerprint density at radius 2 is 2.06 bits per heavy atom. The second kappa shape index (κ2) is 4.53. The molecule has 4 heteroatoms. The van der Waals surface area contributed by atoms with Gasteiger partial charge in [-0.1, -0.05) is 6.42 Å². The first-order valence-corrected chi connectivity index (χ1v) is 6.47. The summed E-state index contributed by atoms with van der Waals surface area (Å²) in [6, 6.07) is 0.799. The zero-order valence-corrected chi connectivity index (χ0v) is 9.61. The zero-order valence-electron chi connectivity index (χ0n) is 9.61. The second-order valence-electron chi connectivity index (χ2n) is 4.99. The van der Waals surface area contributed by atoms with Gasteiger partial charge in [-0.15, -0.1) is 10.2 Å². The van der Waals surface area contributed by atoms with E-state index in [1.807, 2.05) is 0 Å². The second-order valence-corrected chi connectivity index (χ2v) is 4.99. The van der Waals surface area contributed by atoms with Gasteiger partial charge in [0.15, 0.2) is 0 Å². The Kier molecular flexibility index (Phi) is 2.91. The fourth-order valence-electron chi connectivity index (χ4n) is 2.02. The average Bonchev–Trinajstić information content (AvgIpc) is 2.92. The van der Waals surface area contributed by atoms with Crippen LogP contribution in [0.15, 0.2) is 4.42 Å². The third-order valence-corrected chi connectivity index (χ3v) is 3.51. The zero-order chi connectivity index (χ0) is 10.8. The van der Waals surface area contributed by atoms with Crippen LogP contribution in [-0.4, -0.2) is 22.8 Å². The molecule has 2 aliphatic carbocycles. The molecule has 2 fully saturated rings. The first kappa shape index (κ1) is 10.3. The minimum absolute atomic E-state index is 0.561. The first-order valence-electron chi connectivity index (χ1n) is 6.47. The molecule has 0 amide bonds. The highest BCUT2D eigenvalue weighted by Crippen LogP contribution is 2.35. The maximum atomic E-state index is 5.66. The summed E-state index contributed by atoms with van der Waals surface area (Å²) in [4.78, 5) is 0.